The summed E-state index contributed by atoms with van der Waals surface area (Å²) >= 11 is 0. The zero-order valence-corrected chi connectivity index (χ0v) is 16.0. The molecule has 1 aromatic rings. The van der Waals surface area contributed by atoms with E-state index >= 15 is 0 Å². The number of piperidine rings is 1. The second-order valence-electron chi connectivity index (χ2n) is 8.67. The molecule has 4 heteroatoms. The first-order valence-electron chi connectivity index (χ1n) is 10.2. The SMILES string of the molecule is COc1ccc2c(c1)C1(CCCC(=O)O)CCN(CC3CC3)[C@H](C2)[C@@H]1C. The lowest BCUT2D eigenvalue weighted by atomic mass is 9.56. The van der Waals surface area contributed by atoms with Crippen LogP contribution in [0.3, 0.4) is 0 Å². The fourth-order valence-corrected chi connectivity index (χ4v) is 5.56. The summed E-state index contributed by atoms with van der Waals surface area (Å²) in [5, 5.41) is 9.13. The van der Waals surface area contributed by atoms with Crippen molar-refractivity contribution in [1.29, 1.82) is 0 Å². The van der Waals surface area contributed by atoms with Gasteiger partial charge in [0.1, 0.15) is 5.75 Å². The topological polar surface area (TPSA) is 49.8 Å². The number of ether oxygens (including phenoxy) is 1. The highest BCUT2D eigenvalue weighted by Gasteiger charge is 2.51. The van der Waals surface area contributed by atoms with E-state index in [2.05, 4.69) is 30.0 Å². The highest BCUT2D eigenvalue weighted by molar-refractivity contribution is 5.66. The molecule has 2 aliphatic carbocycles. The summed E-state index contributed by atoms with van der Waals surface area (Å²) in [5.74, 6) is 1.72. The maximum Gasteiger partial charge on any atom is 0.303 e. The summed E-state index contributed by atoms with van der Waals surface area (Å²) in [6, 6.07) is 7.16. The van der Waals surface area contributed by atoms with Crippen molar-refractivity contribution < 1.29 is 14.6 Å². The Bertz CT molecular complexity index is 684. The van der Waals surface area contributed by atoms with Gasteiger partial charge in [0, 0.05) is 24.4 Å². The number of likely N-dealkylation sites (tertiary alicyclic amines) is 1. The monoisotopic (exact) mass is 357 g/mol. The smallest absolute Gasteiger partial charge is 0.303 e. The number of carboxylic acid groups (broad SMARTS) is 1. The molecule has 3 aliphatic rings. The number of carboxylic acids is 1. The number of aliphatic carboxylic acids is 1. The zero-order valence-electron chi connectivity index (χ0n) is 16.0. The molecule has 26 heavy (non-hydrogen) atoms. The van der Waals surface area contributed by atoms with Crippen molar-refractivity contribution in [3.63, 3.8) is 0 Å². The molecule has 3 atom stereocenters. The zero-order chi connectivity index (χ0) is 18.3. The molecule has 4 nitrogen and oxygen atoms in total. The van der Waals surface area contributed by atoms with Crippen LogP contribution < -0.4 is 4.74 Å². The van der Waals surface area contributed by atoms with Crippen LogP contribution in [0.25, 0.3) is 0 Å². The molecule has 2 fully saturated rings. The van der Waals surface area contributed by atoms with E-state index in [1.807, 2.05) is 0 Å². The molecule has 1 heterocycles. The van der Waals surface area contributed by atoms with Gasteiger partial charge in [-0.05, 0) is 80.2 Å². The first kappa shape index (κ1) is 17.8. The minimum atomic E-state index is -0.682. The summed E-state index contributed by atoms with van der Waals surface area (Å²) < 4.78 is 5.52. The van der Waals surface area contributed by atoms with Gasteiger partial charge >= 0.3 is 5.97 Å². The van der Waals surface area contributed by atoms with Crippen molar-refractivity contribution in [2.75, 3.05) is 20.2 Å². The fourth-order valence-electron chi connectivity index (χ4n) is 5.56. The number of rotatable bonds is 7. The van der Waals surface area contributed by atoms with Crippen LogP contribution in [0.4, 0.5) is 0 Å². The maximum atomic E-state index is 11.1. The van der Waals surface area contributed by atoms with Gasteiger partial charge in [-0.15, -0.1) is 0 Å². The van der Waals surface area contributed by atoms with Gasteiger partial charge in [-0.2, -0.15) is 0 Å². The number of benzene rings is 1. The summed E-state index contributed by atoms with van der Waals surface area (Å²) in [4.78, 5) is 13.8. The largest absolute Gasteiger partial charge is 0.497 e. The molecule has 2 bridgehead atoms. The molecule has 0 aromatic heterocycles. The first-order chi connectivity index (χ1) is 12.5. The van der Waals surface area contributed by atoms with Crippen LogP contribution in [-0.2, 0) is 16.6 Å². The number of methoxy groups -OCH3 is 1. The lowest BCUT2D eigenvalue weighted by Gasteiger charge is -2.56. The van der Waals surface area contributed by atoms with Gasteiger partial charge < -0.3 is 9.84 Å². The standard InChI is InChI=1S/C22H31NO3/c1-15-20-12-17-7-8-18(26-2)13-19(17)22(15,9-3-4-21(24)25)10-11-23(20)14-16-5-6-16/h7-8,13,15-16,20H,3-6,9-12,14H2,1-2H3,(H,24,25)/t15-,20+,22?/m0/s1. The normalized spacial score (nSPS) is 30.7. The van der Waals surface area contributed by atoms with E-state index in [1.165, 1.54) is 30.5 Å². The van der Waals surface area contributed by atoms with Crippen molar-refractivity contribution in [1.82, 2.24) is 4.90 Å². The number of carbonyl (C=O) groups is 1. The van der Waals surface area contributed by atoms with Crippen molar-refractivity contribution in [3.05, 3.63) is 29.3 Å². The number of nitrogens with zero attached hydrogens (tertiary/aromatic N) is 1. The molecule has 0 spiro atoms. The Balaban J connectivity index is 1.67. The van der Waals surface area contributed by atoms with Crippen molar-refractivity contribution in [2.24, 2.45) is 11.8 Å². The molecule has 4 rings (SSSR count). The van der Waals surface area contributed by atoms with E-state index in [9.17, 15) is 4.79 Å². The minimum Gasteiger partial charge on any atom is -0.497 e. The van der Waals surface area contributed by atoms with Gasteiger partial charge in [0.2, 0.25) is 0 Å². The third-order valence-electron chi connectivity index (χ3n) is 7.25. The van der Waals surface area contributed by atoms with Crippen LogP contribution in [-0.4, -0.2) is 42.2 Å². The molecule has 0 amide bonds. The van der Waals surface area contributed by atoms with E-state index in [-0.39, 0.29) is 11.8 Å². The second kappa shape index (κ2) is 6.88. The molecule has 0 radical (unpaired) electrons. The van der Waals surface area contributed by atoms with Crippen molar-refractivity contribution in [2.45, 2.75) is 63.3 Å². The Morgan fingerprint density at radius 2 is 2.19 bits per heavy atom. The van der Waals surface area contributed by atoms with Crippen LogP contribution >= 0.6 is 0 Å². The quantitative estimate of drug-likeness (QED) is 0.805. The first-order valence-corrected chi connectivity index (χ1v) is 10.2. The number of hydrogen-bond acceptors (Lipinski definition) is 3. The average Bonchev–Trinajstić information content (AvgIpc) is 3.43. The summed E-state index contributed by atoms with van der Waals surface area (Å²) in [5.41, 5.74) is 2.98. The van der Waals surface area contributed by atoms with Crippen LogP contribution in [0.5, 0.6) is 5.75 Å². The van der Waals surface area contributed by atoms with Gasteiger partial charge in [0.25, 0.3) is 0 Å². The lowest BCUT2D eigenvalue weighted by molar-refractivity contribution is -0.137. The van der Waals surface area contributed by atoms with E-state index < -0.39 is 5.97 Å². The summed E-state index contributed by atoms with van der Waals surface area (Å²) in [6.45, 7) is 4.81. The molecule has 1 saturated heterocycles. The molecule has 1 N–H and O–H groups in total. The highest BCUT2D eigenvalue weighted by atomic mass is 16.5. The molecule has 1 aromatic carbocycles. The molecule has 142 valence electrons. The van der Waals surface area contributed by atoms with E-state index in [1.54, 1.807) is 7.11 Å². The Morgan fingerprint density at radius 1 is 1.38 bits per heavy atom. The average molecular weight is 357 g/mol. The third kappa shape index (κ3) is 3.13. The Morgan fingerprint density at radius 3 is 2.88 bits per heavy atom. The fraction of sp³-hybridized carbons (Fsp3) is 0.682. The van der Waals surface area contributed by atoms with E-state index in [0.29, 0.717) is 12.0 Å². The van der Waals surface area contributed by atoms with Gasteiger partial charge in [-0.1, -0.05) is 13.0 Å². The molecular formula is C22H31NO3. The molecule has 1 saturated carbocycles. The predicted molar refractivity (Wildman–Crippen MR) is 102 cm³/mol. The van der Waals surface area contributed by atoms with E-state index in [4.69, 9.17) is 9.84 Å². The lowest BCUT2D eigenvalue weighted by Crippen LogP contribution is -2.59. The van der Waals surface area contributed by atoms with Crippen molar-refractivity contribution >= 4 is 5.97 Å². The van der Waals surface area contributed by atoms with Gasteiger partial charge in [0.05, 0.1) is 7.11 Å². The second-order valence-corrected chi connectivity index (χ2v) is 8.67. The van der Waals surface area contributed by atoms with Gasteiger partial charge in [-0.3, -0.25) is 9.69 Å². The minimum absolute atomic E-state index is 0.0995. The number of fused-ring (bicyclic) bond motifs is 4. The summed E-state index contributed by atoms with van der Waals surface area (Å²) in [6.07, 6.45) is 7.04. The van der Waals surface area contributed by atoms with Gasteiger partial charge in [-0.25, -0.2) is 0 Å². The Labute approximate surface area is 156 Å². The highest BCUT2D eigenvalue weighted by Crippen LogP contribution is 2.52. The van der Waals surface area contributed by atoms with E-state index in [0.717, 1.165) is 43.9 Å². The van der Waals surface area contributed by atoms with Gasteiger partial charge in [0.15, 0.2) is 0 Å². The third-order valence-corrected chi connectivity index (χ3v) is 7.25. The Hall–Kier alpha value is -1.55. The number of hydrogen-bond donors (Lipinski definition) is 1. The molecule has 1 unspecified atom stereocenters. The molecular weight excluding hydrogens is 326 g/mol. The van der Waals surface area contributed by atoms with Crippen LogP contribution in [0.15, 0.2) is 18.2 Å². The maximum absolute atomic E-state index is 11.1. The van der Waals surface area contributed by atoms with Crippen molar-refractivity contribution in [3.8, 4) is 5.75 Å². The molecule has 1 aliphatic heterocycles. The van der Waals surface area contributed by atoms with Crippen LogP contribution in [0.1, 0.15) is 56.6 Å². The summed E-state index contributed by atoms with van der Waals surface area (Å²) in [7, 11) is 1.73. The Kier molecular flexibility index (Phi) is 4.72. The van der Waals surface area contributed by atoms with Crippen LogP contribution in [0, 0.1) is 11.8 Å². The predicted octanol–water partition coefficient (Wildman–Crippen LogP) is 3.86. The van der Waals surface area contributed by atoms with Crippen LogP contribution in [0.2, 0.25) is 0 Å².